The number of nitrogens with one attached hydrogen (secondary N) is 2. The molecule has 1 atom stereocenters. The van der Waals surface area contributed by atoms with Gasteiger partial charge in [0.15, 0.2) is 5.96 Å². The van der Waals surface area contributed by atoms with Crippen LogP contribution in [0.4, 0.5) is 0 Å². The van der Waals surface area contributed by atoms with Crippen LogP contribution in [0.3, 0.4) is 0 Å². The molecule has 1 aliphatic rings. The first-order valence-electron chi connectivity index (χ1n) is 9.20. The van der Waals surface area contributed by atoms with Gasteiger partial charge in [-0.05, 0) is 43.6 Å². The van der Waals surface area contributed by atoms with Crippen molar-refractivity contribution in [2.45, 2.75) is 36.7 Å². The average Bonchev–Trinajstić information content (AvgIpc) is 3.17. The van der Waals surface area contributed by atoms with Gasteiger partial charge in [-0.2, -0.15) is 0 Å². The summed E-state index contributed by atoms with van der Waals surface area (Å²) < 4.78 is 11.2. The summed E-state index contributed by atoms with van der Waals surface area (Å²) >= 11 is 1.89. The number of hydrogen-bond donors (Lipinski definition) is 2. The topological polar surface area (TPSA) is 54.9 Å². The van der Waals surface area contributed by atoms with Crippen LogP contribution in [-0.4, -0.2) is 57.8 Å². The fourth-order valence-electron chi connectivity index (χ4n) is 2.58. The normalized spacial score (nSPS) is 17.0. The van der Waals surface area contributed by atoms with E-state index in [1.54, 1.807) is 0 Å². The molecule has 0 saturated carbocycles. The van der Waals surface area contributed by atoms with Gasteiger partial charge in [-0.1, -0.05) is 18.2 Å². The van der Waals surface area contributed by atoms with Crippen molar-refractivity contribution in [2.75, 3.05) is 45.7 Å². The maximum atomic E-state index is 5.66. The molecule has 1 aliphatic heterocycles. The first-order valence-corrected chi connectivity index (χ1v) is 10.2. The van der Waals surface area contributed by atoms with Crippen molar-refractivity contribution in [3.63, 3.8) is 0 Å². The largest absolute Gasteiger partial charge is 0.379 e. The number of nitrogens with zero attached hydrogens (tertiary/aromatic N) is 1. The van der Waals surface area contributed by atoms with Crippen molar-refractivity contribution in [1.29, 1.82) is 0 Å². The summed E-state index contributed by atoms with van der Waals surface area (Å²) in [5.41, 5.74) is 0. The van der Waals surface area contributed by atoms with Gasteiger partial charge in [0.05, 0.1) is 12.7 Å². The molecule has 1 heterocycles. The molecule has 0 amide bonds. The van der Waals surface area contributed by atoms with E-state index in [0.29, 0.717) is 6.10 Å². The lowest BCUT2D eigenvalue weighted by atomic mass is 10.2. The summed E-state index contributed by atoms with van der Waals surface area (Å²) in [6.45, 7) is 4.17. The standard InChI is InChI=1S/C19H31N3O2S.HI/c1-20-19(21-11-6-13-23-16-17-8-5-14-24-17)22-12-7-15-25-18-9-3-2-4-10-18;/h2-4,9-10,17H,5-8,11-16H2,1H3,(H2,20,21,22);1H. The van der Waals surface area contributed by atoms with Gasteiger partial charge in [0, 0.05) is 38.2 Å². The quantitative estimate of drug-likeness (QED) is 0.162. The van der Waals surface area contributed by atoms with E-state index in [1.165, 1.54) is 11.3 Å². The van der Waals surface area contributed by atoms with Crippen LogP contribution in [0.2, 0.25) is 0 Å². The summed E-state index contributed by atoms with van der Waals surface area (Å²) in [5.74, 6) is 1.97. The molecule has 1 aromatic carbocycles. The monoisotopic (exact) mass is 493 g/mol. The van der Waals surface area contributed by atoms with Gasteiger partial charge in [0.1, 0.15) is 0 Å². The van der Waals surface area contributed by atoms with Crippen LogP contribution in [-0.2, 0) is 9.47 Å². The highest BCUT2D eigenvalue weighted by Crippen LogP contribution is 2.17. The summed E-state index contributed by atoms with van der Waals surface area (Å²) in [6.07, 6.45) is 4.69. The van der Waals surface area contributed by atoms with E-state index < -0.39 is 0 Å². The van der Waals surface area contributed by atoms with Gasteiger partial charge >= 0.3 is 0 Å². The number of halogens is 1. The summed E-state index contributed by atoms with van der Waals surface area (Å²) in [6, 6.07) is 10.5. The Hall–Kier alpha value is -0.510. The second-order valence-electron chi connectivity index (χ2n) is 6.00. The third kappa shape index (κ3) is 10.6. The van der Waals surface area contributed by atoms with Gasteiger partial charge in [-0.15, -0.1) is 35.7 Å². The highest BCUT2D eigenvalue weighted by Gasteiger charge is 2.14. The van der Waals surface area contributed by atoms with E-state index in [0.717, 1.165) is 63.9 Å². The number of ether oxygens (including phenoxy) is 2. The van der Waals surface area contributed by atoms with E-state index in [9.17, 15) is 0 Å². The van der Waals surface area contributed by atoms with E-state index >= 15 is 0 Å². The predicted octanol–water partition coefficient (Wildman–Crippen LogP) is 3.54. The van der Waals surface area contributed by atoms with E-state index in [-0.39, 0.29) is 24.0 Å². The SMILES string of the molecule is CN=C(NCCCOCC1CCCO1)NCCCSc1ccccc1.I. The van der Waals surface area contributed by atoms with E-state index in [1.807, 2.05) is 18.8 Å². The zero-order chi connectivity index (χ0) is 17.6. The Balaban J connectivity index is 0.00000338. The third-order valence-electron chi connectivity index (χ3n) is 3.93. The molecule has 0 radical (unpaired) electrons. The highest BCUT2D eigenvalue weighted by molar-refractivity contribution is 14.0. The second-order valence-corrected chi connectivity index (χ2v) is 7.17. The Morgan fingerprint density at radius 1 is 1.23 bits per heavy atom. The summed E-state index contributed by atoms with van der Waals surface area (Å²) in [5, 5.41) is 6.68. The van der Waals surface area contributed by atoms with Gasteiger partial charge in [0.25, 0.3) is 0 Å². The summed E-state index contributed by atoms with van der Waals surface area (Å²) in [7, 11) is 1.81. The smallest absolute Gasteiger partial charge is 0.190 e. The van der Waals surface area contributed by atoms with Crippen LogP contribution in [0.25, 0.3) is 0 Å². The van der Waals surface area contributed by atoms with Crippen molar-refractivity contribution < 1.29 is 9.47 Å². The second kappa shape index (κ2) is 15.5. The molecule has 1 saturated heterocycles. The van der Waals surface area contributed by atoms with Crippen molar-refractivity contribution in [3.05, 3.63) is 30.3 Å². The molecule has 0 spiro atoms. The fourth-order valence-corrected chi connectivity index (χ4v) is 3.45. The molecule has 0 aromatic heterocycles. The number of aliphatic imine (C=N–C) groups is 1. The van der Waals surface area contributed by atoms with Gasteiger partial charge in [-0.25, -0.2) is 0 Å². The first-order chi connectivity index (χ1) is 12.4. The minimum atomic E-state index is 0. The molecule has 7 heteroatoms. The number of hydrogen-bond acceptors (Lipinski definition) is 4. The van der Waals surface area contributed by atoms with Crippen molar-refractivity contribution in [3.8, 4) is 0 Å². The average molecular weight is 493 g/mol. The molecule has 2 N–H and O–H groups in total. The molecular weight excluding hydrogens is 461 g/mol. The Bertz CT molecular complexity index is 485. The zero-order valence-electron chi connectivity index (χ0n) is 15.6. The van der Waals surface area contributed by atoms with Crippen LogP contribution >= 0.6 is 35.7 Å². The van der Waals surface area contributed by atoms with Crippen LogP contribution in [0.1, 0.15) is 25.7 Å². The zero-order valence-corrected chi connectivity index (χ0v) is 18.8. The van der Waals surface area contributed by atoms with Crippen LogP contribution in [0.5, 0.6) is 0 Å². The van der Waals surface area contributed by atoms with Crippen molar-refractivity contribution >= 4 is 41.7 Å². The maximum absolute atomic E-state index is 5.66. The number of guanidine groups is 1. The Kier molecular flexibility index (Phi) is 14.1. The van der Waals surface area contributed by atoms with Gasteiger partial charge in [0.2, 0.25) is 0 Å². The lowest BCUT2D eigenvalue weighted by molar-refractivity contribution is 0.0168. The lowest BCUT2D eigenvalue weighted by Crippen LogP contribution is -2.38. The van der Waals surface area contributed by atoms with Gasteiger partial charge in [-0.3, -0.25) is 4.99 Å². The van der Waals surface area contributed by atoms with E-state index in [2.05, 4.69) is 46.0 Å². The Morgan fingerprint density at radius 3 is 2.69 bits per heavy atom. The van der Waals surface area contributed by atoms with Crippen molar-refractivity contribution in [2.24, 2.45) is 4.99 Å². The number of benzene rings is 1. The molecule has 1 aromatic rings. The molecule has 148 valence electrons. The van der Waals surface area contributed by atoms with Crippen molar-refractivity contribution in [1.82, 2.24) is 10.6 Å². The minimum Gasteiger partial charge on any atom is -0.379 e. The lowest BCUT2D eigenvalue weighted by Gasteiger charge is -2.13. The molecule has 0 aliphatic carbocycles. The minimum absolute atomic E-state index is 0. The van der Waals surface area contributed by atoms with Crippen LogP contribution in [0, 0.1) is 0 Å². The van der Waals surface area contributed by atoms with Gasteiger partial charge < -0.3 is 20.1 Å². The molecule has 1 unspecified atom stereocenters. The predicted molar refractivity (Wildman–Crippen MR) is 121 cm³/mol. The molecule has 5 nitrogen and oxygen atoms in total. The number of rotatable bonds is 11. The Morgan fingerprint density at radius 2 is 2.00 bits per heavy atom. The fraction of sp³-hybridized carbons (Fsp3) is 0.632. The third-order valence-corrected chi connectivity index (χ3v) is 5.03. The first kappa shape index (κ1) is 23.5. The molecular formula is C19H32IN3O2S. The van der Waals surface area contributed by atoms with E-state index in [4.69, 9.17) is 9.47 Å². The molecule has 1 fully saturated rings. The Labute approximate surface area is 179 Å². The molecule has 2 rings (SSSR count). The molecule has 26 heavy (non-hydrogen) atoms. The van der Waals surface area contributed by atoms with Crippen LogP contribution < -0.4 is 10.6 Å². The summed E-state index contributed by atoms with van der Waals surface area (Å²) in [4.78, 5) is 5.58. The van der Waals surface area contributed by atoms with Crippen LogP contribution in [0.15, 0.2) is 40.2 Å². The number of thioether (sulfide) groups is 1. The molecule has 0 bridgehead atoms. The highest BCUT2D eigenvalue weighted by atomic mass is 127. The maximum Gasteiger partial charge on any atom is 0.190 e.